The Morgan fingerprint density at radius 1 is 1.05 bits per heavy atom. The van der Waals surface area contributed by atoms with Gasteiger partial charge in [-0.15, -0.1) is 0 Å². The molecule has 0 saturated heterocycles. The Balaban J connectivity index is 1.40. The van der Waals surface area contributed by atoms with Gasteiger partial charge in [0.1, 0.15) is 5.82 Å². The molecule has 0 spiro atoms. The third-order valence-electron chi connectivity index (χ3n) is 7.38. The molecule has 2 aliphatic rings. The minimum atomic E-state index is -3.98. The first-order chi connectivity index (χ1) is 17.9. The number of H-pyrrole nitrogens is 1. The van der Waals surface area contributed by atoms with Crippen molar-refractivity contribution in [2.75, 3.05) is 0 Å². The number of aromatic amines is 1. The average Bonchev–Trinajstić information content (AvgIpc) is 3.69. The van der Waals surface area contributed by atoms with E-state index in [1.165, 1.54) is 12.5 Å². The van der Waals surface area contributed by atoms with Crippen molar-refractivity contribution in [3.63, 3.8) is 0 Å². The van der Waals surface area contributed by atoms with Crippen LogP contribution in [-0.2, 0) is 27.7 Å². The molecule has 2 aliphatic carbocycles. The number of carbonyl (C=O) groups excluding carboxylic acids is 1. The van der Waals surface area contributed by atoms with E-state index in [0.29, 0.717) is 23.5 Å². The number of rotatable bonds is 10. The number of hydrogen-bond acceptors (Lipinski definition) is 5. The van der Waals surface area contributed by atoms with Crippen LogP contribution in [0.5, 0.6) is 0 Å². The first kappa shape index (κ1) is 25.4. The van der Waals surface area contributed by atoms with Crippen LogP contribution in [0.15, 0.2) is 58.2 Å². The third-order valence-corrected chi connectivity index (χ3v) is 8.79. The molecular formula is C29H33N3O4S. The lowest BCUT2D eigenvalue weighted by Gasteiger charge is -2.25. The largest absolute Gasteiger partial charge is 0.310 e. The second kappa shape index (κ2) is 10.6. The van der Waals surface area contributed by atoms with Gasteiger partial charge in [0.25, 0.3) is 15.6 Å². The molecule has 1 amide bonds. The van der Waals surface area contributed by atoms with Crippen molar-refractivity contribution in [1.29, 1.82) is 0 Å². The normalized spacial score (nSPS) is 15.8. The molecule has 0 bridgehead atoms. The molecule has 194 valence electrons. The lowest BCUT2D eigenvalue weighted by atomic mass is 9.84. The van der Waals surface area contributed by atoms with Crippen LogP contribution in [0.3, 0.4) is 0 Å². The maximum Gasteiger partial charge on any atom is 0.264 e. The molecule has 5 rings (SSSR count). The molecule has 3 aromatic rings. The van der Waals surface area contributed by atoms with E-state index in [4.69, 9.17) is 4.98 Å². The van der Waals surface area contributed by atoms with Crippen molar-refractivity contribution in [1.82, 2.24) is 14.7 Å². The van der Waals surface area contributed by atoms with Crippen LogP contribution >= 0.6 is 0 Å². The number of unbranched alkanes of at least 4 members (excludes halogenated alkanes) is 1. The number of aromatic nitrogens is 2. The molecule has 7 nitrogen and oxygen atoms in total. The Hall–Kier alpha value is -3.26. The van der Waals surface area contributed by atoms with E-state index >= 15 is 0 Å². The zero-order valence-corrected chi connectivity index (χ0v) is 21.9. The number of nitrogens with zero attached hydrogens (tertiary/aromatic N) is 1. The fraction of sp³-hybridized carbons (Fsp3) is 0.414. The van der Waals surface area contributed by atoms with E-state index in [2.05, 4.69) is 16.6 Å². The second-order valence-corrected chi connectivity index (χ2v) is 11.9. The summed E-state index contributed by atoms with van der Waals surface area (Å²) in [7, 11) is -3.98. The summed E-state index contributed by atoms with van der Waals surface area (Å²) in [6, 6.07) is 14.3. The highest BCUT2D eigenvalue weighted by Gasteiger charge is 2.33. The van der Waals surface area contributed by atoms with Crippen LogP contribution in [0, 0.1) is 5.92 Å². The first-order valence-electron chi connectivity index (χ1n) is 13.2. The average molecular weight is 520 g/mol. The van der Waals surface area contributed by atoms with Gasteiger partial charge in [-0.2, -0.15) is 0 Å². The van der Waals surface area contributed by atoms with E-state index in [9.17, 15) is 18.0 Å². The Labute approximate surface area is 217 Å². The predicted molar refractivity (Wildman–Crippen MR) is 143 cm³/mol. The van der Waals surface area contributed by atoms with Crippen LogP contribution in [0.25, 0.3) is 11.1 Å². The number of hydrogen-bond donors (Lipinski definition) is 2. The third kappa shape index (κ3) is 5.69. The Morgan fingerprint density at radius 2 is 1.78 bits per heavy atom. The summed E-state index contributed by atoms with van der Waals surface area (Å²) in [6.07, 6.45) is 8.06. The predicted octanol–water partition coefficient (Wildman–Crippen LogP) is 4.85. The zero-order valence-electron chi connectivity index (χ0n) is 21.1. The SMILES string of the molecule is CCCCc1nc(C2CCC2)[nH]c(=O)c1Cc1ccc(-c2ccccc2S(=O)(=O)NC(=O)C2CC2)cc1. The molecule has 0 aliphatic heterocycles. The molecular weight excluding hydrogens is 486 g/mol. The second-order valence-electron chi connectivity index (χ2n) is 10.2. The number of benzene rings is 2. The van der Waals surface area contributed by atoms with Gasteiger partial charge in [-0.25, -0.2) is 18.1 Å². The molecule has 2 aromatic carbocycles. The van der Waals surface area contributed by atoms with Crippen molar-refractivity contribution in [2.24, 2.45) is 5.92 Å². The summed E-state index contributed by atoms with van der Waals surface area (Å²) in [4.78, 5) is 33.2. The van der Waals surface area contributed by atoms with Gasteiger partial charge in [-0.1, -0.05) is 62.2 Å². The summed E-state index contributed by atoms with van der Waals surface area (Å²) in [5.74, 6) is 0.551. The van der Waals surface area contributed by atoms with Gasteiger partial charge >= 0.3 is 0 Å². The number of aryl methyl sites for hydroxylation is 1. The van der Waals surface area contributed by atoms with Crippen LogP contribution < -0.4 is 10.3 Å². The summed E-state index contributed by atoms with van der Waals surface area (Å²) in [5, 5.41) is 0. The van der Waals surface area contributed by atoms with Crippen molar-refractivity contribution >= 4 is 15.9 Å². The zero-order chi connectivity index (χ0) is 26.0. The maximum absolute atomic E-state index is 13.1. The summed E-state index contributed by atoms with van der Waals surface area (Å²) in [5.41, 5.74) is 3.73. The molecule has 0 atom stereocenters. The van der Waals surface area contributed by atoms with Crippen LogP contribution in [0.4, 0.5) is 0 Å². The number of sulfonamides is 1. The monoisotopic (exact) mass is 519 g/mol. The van der Waals surface area contributed by atoms with Crippen molar-refractivity contribution in [3.05, 3.63) is 81.5 Å². The number of amides is 1. The molecule has 2 fully saturated rings. The molecule has 8 heteroatoms. The van der Waals surface area contributed by atoms with Crippen molar-refractivity contribution < 1.29 is 13.2 Å². The van der Waals surface area contributed by atoms with Gasteiger partial charge in [-0.3, -0.25) is 9.59 Å². The molecule has 1 aromatic heterocycles. The van der Waals surface area contributed by atoms with E-state index in [1.54, 1.807) is 18.2 Å². The smallest absolute Gasteiger partial charge is 0.264 e. The highest BCUT2D eigenvalue weighted by atomic mass is 32.2. The lowest BCUT2D eigenvalue weighted by Crippen LogP contribution is -2.32. The lowest BCUT2D eigenvalue weighted by molar-refractivity contribution is -0.120. The summed E-state index contributed by atoms with van der Waals surface area (Å²) in [6.45, 7) is 2.13. The molecule has 0 radical (unpaired) electrons. The number of nitrogens with one attached hydrogen (secondary N) is 2. The van der Waals surface area contributed by atoms with Crippen LogP contribution in [0.2, 0.25) is 0 Å². The van der Waals surface area contributed by atoms with Gasteiger partial charge in [0.15, 0.2) is 0 Å². The molecule has 2 saturated carbocycles. The van der Waals surface area contributed by atoms with E-state index < -0.39 is 15.9 Å². The van der Waals surface area contributed by atoms with Gasteiger partial charge in [0.05, 0.1) is 10.6 Å². The van der Waals surface area contributed by atoms with Gasteiger partial charge < -0.3 is 4.98 Å². The minimum absolute atomic E-state index is 0.0603. The highest BCUT2D eigenvalue weighted by molar-refractivity contribution is 7.90. The van der Waals surface area contributed by atoms with E-state index in [-0.39, 0.29) is 16.4 Å². The molecule has 2 N–H and O–H groups in total. The van der Waals surface area contributed by atoms with Crippen LogP contribution in [-0.4, -0.2) is 24.3 Å². The fourth-order valence-electron chi connectivity index (χ4n) is 4.73. The molecule has 1 heterocycles. The standard InChI is InChI=1S/C29H33N3O4S/c1-2-3-10-25-24(29(34)31-27(30-25)21-7-6-8-21)18-19-12-14-20(15-13-19)23-9-4-5-11-26(23)37(35,36)32-28(33)22-16-17-22/h4-5,9,11-15,21-22H,2-3,6-8,10,16-18H2,1H3,(H,32,33)(H,30,31,34). The van der Waals surface area contributed by atoms with Gasteiger partial charge in [0, 0.05) is 29.4 Å². The first-order valence-corrected chi connectivity index (χ1v) is 14.7. The highest BCUT2D eigenvalue weighted by Crippen LogP contribution is 2.34. The molecule has 37 heavy (non-hydrogen) atoms. The Morgan fingerprint density at radius 3 is 2.43 bits per heavy atom. The summed E-state index contributed by atoms with van der Waals surface area (Å²) < 4.78 is 28.2. The maximum atomic E-state index is 13.1. The van der Waals surface area contributed by atoms with Gasteiger partial charge in [0.2, 0.25) is 5.91 Å². The summed E-state index contributed by atoms with van der Waals surface area (Å²) >= 11 is 0. The van der Waals surface area contributed by atoms with Gasteiger partial charge in [-0.05, 0) is 55.7 Å². The Kier molecular flexibility index (Phi) is 7.29. The van der Waals surface area contributed by atoms with Crippen molar-refractivity contribution in [3.8, 4) is 11.1 Å². The van der Waals surface area contributed by atoms with E-state index in [0.717, 1.165) is 67.6 Å². The Bertz CT molecular complexity index is 1450. The number of carbonyl (C=O) groups is 1. The quantitative estimate of drug-likeness (QED) is 0.398. The van der Waals surface area contributed by atoms with Crippen molar-refractivity contribution in [2.45, 2.75) is 75.5 Å². The topological polar surface area (TPSA) is 109 Å². The minimum Gasteiger partial charge on any atom is -0.310 e. The fourth-order valence-corrected chi connectivity index (χ4v) is 6.01. The van der Waals surface area contributed by atoms with E-state index in [1.807, 2.05) is 24.3 Å². The van der Waals surface area contributed by atoms with Crippen LogP contribution in [0.1, 0.15) is 80.4 Å². The molecule has 0 unspecified atom stereocenters.